The number of nitrogens with one attached hydrogen (secondary N) is 3. The maximum Gasteiger partial charge on any atom is 0.338 e. The summed E-state index contributed by atoms with van der Waals surface area (Å²) in [5.74, 6) is 0.301. The van der Waals surface area contributed by atoms with Crippen LogP contribution in [0.1, 0.15) is 42.1 Å². The van der Waals surface area contributed by atoms with E-state index < -0.39 is 23.9 Å². The van der Waals surface area contributed by atoms with Gasteiger partial charge in [-0.05, 0) is 83.6 Å². The van der Waals surface area contributed by atoms with Crippen molar-refractivity contribution in [1.29, 1.82) is 0 Å². The average Bonchev–Trinajstić information content (AvgIpc) is 3.10. The molecule has 0 spiro atoms. The highest BCUT2D eigenvalue weighted by molar-refractivity contribution is 5.95. The summed E-state index contributed by atoms with van der Waals surface area (Å²) in [5.41, 5.74) is 6.50. The van der Waals surface area contributed by atoms with Gasteiger partial charge >= 0.3 is 12.0 Å². The number of rotatable bonds is 14. The number of carbonyl (C=O) groups is 3. The normalized spacial score (nSPS) is 14.2. The molecule has 0 saturated heterocycles. The summed E-state index contributed by atoms with van der Waals surface area (Å²) in [4.78, 5) is 37.4. The average molecular weight is 663 g/mol. The molecule has 0 bridgehead atoms. The standard InChI is InChI=1S/C38H38N4O7/c1-5-10-27-19-25(15-17-31(27)48-22-29-13-9-12-26-11-7-8-14-30(26)29)21-39-42-34(43)23-49-32-18-16-28(20-33(32)46-4)36-35(37(44)47-6-2)24(3)40-38(45)41-36/h5,7-9,11-21,36H,1,6,10,22-23H2,2-4H3,(H,42,43)(H2,40,41,45)/b39-21-/t36-/m0/s1. The van der Waals surface area contributed by atoms with Crippen LogP contribution in [0.5, 0.6) is 17.2 Å². The first-order valence-corrected chi connectivity index (χ1v) is 15.7. The monoisotopic (exact) mass is 662 g/mol. The first-order chi connectivity index (χ1) is 23.8. The third-order valence-electron chi connectivity index (χ3n) is 7.76. The Hall–Kier alpha value is -6.10. The number of methoxy groups -OCH3 is 1. The Balaban J connectivity index is 1.19. The summed E-state index contributed by atoms with van der Waals surface area (Å²) in [7, 11) is 1.45. The van der Waals surface area contributed by atoms with E-state index in [1.807, 2.05) is 36.4 Å². The molecule has 0 unspecified atom stereocenters. The van der Waals surface area contributed by atoms with E-state index in [-0.39, 0.29) is 24.5 Å². The van der Waals surface area contributed by atoms with Crippen molar-refractivity contribution in [2.45, 2.75) is 32.9 Å². The van der Waals surface area contributed by atoms with E-state index in [1.54, 1.807) is 38.1 Å². The van der Waals surface area contributed by atoms with Crippen LogP contribution in [0, 0.1) is 0 Å². The Morgan fingerprint density at radius 1 is 0.959 bits per heavy atom. The van der Waals surface area contributed by atoms with Crippen molar-refractivity contribution in [3.8, 4) is 17.2 Å². The number of amides is 3. The molecule has 3 N–H and O–H groups in total. The fraction of sp³-hybridized carbons (Fsp3) is 0.211. The molecule has 5 rings (SSSR count). The number of fused-ring (bicyclic) bond motifs is 1. The lowest BCUT2D eigenvalue weighted by Gasteiger charge is -2.28. The molecule has 1 heterocycles. The smallest absolute Gasteiger partial charge is 0.338 e. The molecule has 1 aliphatic rings. The van der Waals surface area contributed by atoms with Crippen LogP contribution >= 0.6 is 0 Å². The number of nitrogens with zero attached hydrogens (tertiary/aromatic N) is 1. The Bertz CT molecular complexity index is 1930. The molecule has 1 atom stereocenters. The minimum absolute atomic E-state index is 0.184. The van der Waals surface area contributed by atoms with Gasteiger partial charge in [-0.25, -0.2) is 15.0 Å². The van der Waals surface area contributed by atoms with E-state index in [0.29, 0.717) is 30.0 Å². The number of benzene rings is 4. The van der Waals surface area contributed by atoms with Gasteiger partial charge in [-0.15, -0.1) is 6.58 Å². The molecular formula is C38H38N4O7. The van der Waals surface area contributed by atoms with Crippen LogP contribution in [0.4, 0.5) is 4.79 Å². The first-order valence-electron chi connectivity index (χ1n) is 15.7. The molecule has 252 valence electrons. The quantitative estimate of drug-likeness (QED) is 0.0665. The van der Waals surface area contributed by atoms with Crippen LogP contribution in [-0.2, 0) is 27.4 Å². The predicted molar refractivity (Wildman–Crippen MR) is 187 cm³/mol. The lowest BCUT2D eigenvalue weighted by atomic mass is 9.95. The summed E-state index contributed by atoms with van der Waals surface area (Å²) in [6, 6.07) is 23.7. The maximum atomic E-state index is 12.7. The Morgan fingerprint density at radius 2 is 1.76 bits per heavy atom. The molecule has 0 radical (unpaired) electrons. The second-order valence-corrected chi connectivity index (χ2v) is 11.1. The molecule has 4 aromatic rings. The lowest BCUT2D eigenvalue weighted by Crippen LogP contribution is -2.45. The summed E-state index contributed by atoms with van der Waals surface area (Å²) in [6.07, 6.45) is 3.94. The van der Waals surface area contributed by atoms with Crippen molar-refractivity contribution in [2.24, 2.45) is 5.10 Å². The Morgan fingerprint density at radius 3 is 2.55 bits per heavy atom. The molecule has 0 aromatic heterocycles. The highest BCUT2D eigenvalue weighted by Gasteiger charge is 2.32. The van der Waals surface area contributed by atoms with Gasteiger partial charge in [0.1, 0.15) is 12.4 Å². The zero-order valence-corrected chi connectivity index (χ0v) is 27.6. The summed E-state index contributed by atoms with van der Waals surface area (Å²) >= 11 is 0. The van der Waals surface area contributed by atoms with E-state index in [0.717, 1.165) is 33.2 Å². The summed E-state index contributed by atoms with van der Waals surface area (Å²) in [6.45, 7) is 7.47. The lowest BCUT2D eigenvalue weighted by molar-refractivity contribution is -0.139. The van der Waals surface area contributed by atoms with Gasteiger partial charge in [0.25, 0.3) is 5.91 Å². The molecule has 3 amide bonds. The van der Waals surface area contributed by atoms with Crippen molar-refractivity contribution in [1.82, 2.24) is 16.1 Å². The minimum Gasteiger partial charge on any atom is -0.493 e. The van der Waals surface area contributed by atoms with Gasteiger partial charge < -0.3 is 29.6 Å². The van der Waals surface area contributed by atoms with Gasteiger partial charge in [0.2, 0.25) is 0 Å². The van der Waals surface area contributed by atoms with Gasteiger partial charge in [0.05, 0.1) is 31.5 Å². The summed E-state index contributed by atoms with van der Waals surface area (Å²) < 4.78 is 22.6. The van der Waals surface area contributed by atoms with Crippen molar-refractivity contribution in [3.05, 3.63) is 125 Å². The maximum absolute atomic E-state index is 12.7. The zero-order chi connectivity index (χ0) is 34.8. The van der Waals surface area contributed by atoms with Crippen molar-refractivity contribution < 1.29 is 33.3 Å². The molecule has 49 heavy (non-hydrogen) atoms. The van der Waals surface area contributed by atoms with E-state index >= 15 is 0 Å². The highest BCUT2D eigenvalue weighted by Crippen LogP contribution is 2.34. The number of ether oxygens (including phenoxy) is 4. The largest absolute Gasteiger partial charge is 0.493 e. The van der Waals surface area contributed by atoms with Crippen LogP contribution in [0.2, 0.25) is 0 Å². The minimum atomic E-state index is -0.773. The number of carbonyl (C=O) groups excluding carboxylic acids is 3. The van der Waals surface area contributed by atoms with Gasteiger partial charge in [0.15, 0.2) is 18.1 Å². The zero-order valence-electron chi connectivity index (χ0n) is 27.6. The number of hydrogen-bond donors (Lipinski definition) is 3. The topological polar surface area (TPSA) is 137 Å². The second kappa shape index (κ2) is 16.1. The number of urea groups is 1. The molecular weight excluding hydrogens is 624 g/mol. The fourth-order valence-electron chi connectivity index (χ4n) is 5.47. The highest BCUT2D eigenvalue weighted by atomic mass is 16.5. The number of allylic oxidation sites excluding steroid dienone is 2. The number of hydrogen-bond acceptors (Lipinski definition) is 8. The molecule has 1 aliphatic heterocycles. The molecule has 0 fully saturated rings. The van der Waals surface area contributed by atoms with Crippen LogP contribution in [0.3, 0.4) is 0 Å². The van der Waals surface area contributed by atoms with Gasteiger partial charge in [-0.3, -0.25) is 4.79 Å². The predicted octanol–water partition coefficient (Wildman–Crippen LogP) is 5.88. The van der Waals surface area contributed by atoms with E-state index in [2.05, 4.69) is 52.0 Å². The number of hydrazone groups is 1. The number of esters is 1. The van der Waals surface area contributed by atoms with Gasteiger partial charge in [-0.1, -0.05) is 54.6 Å². The van der Waals surface area contributed by atoms with Crippen LogP contribution in [0.15, 0.2) is 108 Å². The third-order valence-corrected chi connectivity index (χ3v) is 7.76. The van der Waals surface area contributed by atoms with Gasteiger partial charge in [0, 0.05) is 5.70 Å². The molecule has 0 aliphatic carbocycles. The van der Waals surface area contributed by atoms with E-state index in [1.165, 1.54) is 13.3 Å². The molecule has 11 nitrogen and oxygen atoms in total. The van der Waals surface area contributed by atoms with Crippen LogP contribution < -0.4 is 30.3 Å². The van der Waals surface area contributed by atoms with Crippen molar-refractivity contribution in [3.63, 3.8) is 0 Å². The van der Waals surface area contributed by atoms with Crippen molar-refractivity contribution in [2.75, 3.05) is 20.3 Å². The fourth-order valence-corrected chi connectivity index (χ4v) is 5.47. The Labute approximate surface area is 284 Å². The van der Waals surface area contributed by atoms with Crippen LogP contribution in [-0.4, -0.2) is 44.4 Å². The molecule has 0 saturated carbocycles. The van der Waals surface area contributed by atoms with Gasteiger partial charge in [-0.2, -0.15) is 5.10 Å². The van der Waals surface area contributed by atoms with E-state index in [4.69, 9.17) is 18.9 Å². The van der Waals surface area contributed by atoms with Crippen molar-refractivity contribution >= 4 is 34.9 Å². The Kier molecular flexibility index (Phi) is 11.3. The molecule has 11 heteroatoms. The van der Waals surface area contributed by atoms with E-state index in [9.17, 15) is 14.4 Å². The third kappa shape index (κ3) is 8.44. The second-order valence-electron chi connectivity index (χ2n) is 11.1. The first kappa shape index (κ1) is 34.2. The molecule has 4 aromatic carbocycles. The SMILES string of the molecule is C=CCc1cc(/C=N\NC(=O)COc2ccc([C@@H]3NC(=O)NC(C)=C3C(=O)OCC)cc2OC)ccc1OCc1cccc2ccccc12. The van der Waals surface area contributed by atoms with Crippen LogP contribution in [0.25, 0.3) is 10.8 Å². The summed E-state index contributed by atoms with van der Waals surface area (Å²) in [5, 5.41) is 11.7.